The Morgan fingerprint density at radius 1 is 0.392 bits per heavy atom. The summed E-state index contributed by atoms with van der Waals surface area (Å²) in [4.78, 5) is 2.45. The summed E-state index contributed by atoms with van der Waals surface area (Å²) in [7, 11) is 0. The molecule has 51 heavy (non-hydrogen) atoms. The Bertz CT molecular complexity index is 3090. The fourth-order valence-electron chi connectivity index (χ4n) is 8.29. The van der Waals surface area contributed by atoms with Crippen molar-refractivity contribution in [1.82, 2.24) is 4.57 Å². The van der Waals surface area contributed by atoms with E-state index in [0.29, 0.717) is 0 Å². The van der Waals surface area contributed by atoms with E-state index in [2.05, 4.69) is 191 Å². The van der Waals surface area contributed by atoms with Crippen LogP contribution in [0.25, 0.3) is 81.7 Å². The zero-order valence-electron chi connectivity index (χ0n) is 27.6. The van der Waals surface area contributed by atoms with Crippen LogP contribution >= 0.6 is 0 Å². The first-order chi connectivity index (χ1) is 25.3. The maximum absolute atomic E-state index is 6.71. The van der Waals surface area contributed by atoms with Gasteiger partial charge in [-0.15, -0.1) is 0 Å². The fourth-order valence-corrected chi connectivity index (χ4v) is 8.29. The summed E-state index contributed by atoms with van der Waals surface area (Å²) in [5, 5.41) is 11.8. The van der Waals surface area contributed by atoms with Gasteiger partial charge in [0, 0.05) is 38.3 Å². The molecule has 0 unspecified atom stereocenters. The highest BCUT2D eigenvalue weighted by atomic mass is 16.3. The van der Waals surface area contributed by atoms with Gasteiger partial charge in [0.2, 0.25) is 0 Å². The number of benzene rings is 9. The number of aromatic nitrogens is 1. The van der Waals surface area contributed by atoms with Crippen molar-refractivity contribution in [2.75, 3.05) is 4.90 Å². The molecule has 2 heterocycles. The summed E-state index contributed by atoms with van der Waals surface area (Å²) in [5.41, 5.74) is 8.58. The summed E-state index contributed by atoms with van der Waals surface area (Å²) in [6, 6.07) is 65.6. The third-order valence-corrected chi connectivity index (χ3v) is 10.5. The number of fused-ring (bicyclic) bond motifs is 11. The molecule has 238 valence electrons. The minimum absolute atomic E-state index is 0.884. The lowest BCUT2D eigenvalue weighted by Gasteiger charge is -2.29. The molecular formula is C48H30N2O. The van der Waals surface area contributed by atoms with E-state index in [4.69, 9.17) is 4.42 Å². The van der Waals surface area contributed by atoms with Gasteiger partial charge < -0.3 is 13.9 Å². The topological polar surface area (TPSA) is 21.3 Å². The molecule has 0 aliphatic heterocycles. The molecule has 0 spiro atoms. The second-order valence-electron chi connectivity index (χ2n) is 13.3. The Morgan fingerprint density at radius 3 is 1.61 bits per heavy atom. The molecule has 9 aromatic carbocycles. The van der Waals surface area contributed by atoms with Gasteiger partial charge in [-0.2, -0.15) is 0 Å². The molecular weight excluding hydrogens is 621 g/mol. The average molecular weight is 651 g/mol. The lowest BCUT2D eigenvalue weighted by molar-refractivity contribution is 0.672. The van der Waals surface area contributed by atoms with Gasteiger partial charge >= 0.3 is 0 Å². The Morgan fingerprint density at radius 2 is 0.902 bits per heavy atom. The monoisotopic (exact) mass is 650 g/mol. The summed E-state index contributed by atoms with van der Waals surface area (Å²) in [6.07, 6.45) is 0. The highest BCUT2D eigenvalue weighted by molar-refractivity contribution is 6.23. The summed E-state index contributed by atoms with van der Waals surface area (Å²) >= 11 is 0. The lowest BCUT2D eigenvalue weighted by atomic mass is 9.97. The van der Waals surface area contributed by atoms with E-state index in [1.165, 1.54) is 43.4 Å². The smallest absolute Gasteiger partial charge is 0.145 e. The van der Waals surface area contributed by atoms with E-state index in [-0.39, 0.29) is 0 Å². The number of anilines is 3. The highest BCUT2D eigenvalue weighted by Crippen LogP contribution is 2.48. The molecule has 11 rings (SSSR count). The lowest BCUT2D eigenvalue weighted by Crippen LogP contribution is -2.11. The van der Waals surface area contributed by atoms with Crippen LogP contribution in [0.1, 0.15) is 0 Å². The summed E-state index contributed by atoms with van der Waals surface area (Å²) in [6.45, 7) is 0. The number of hydrogen-bond donors (Lipinski definition) is 0. The van der Waals surface area contributed by atoms with Gasteiger partial charge in [0.05, 0.1) is 27.8 Å². The molecule has 0 amide bonds. The van der Waals surface area contributed by atoms with E-state index < -0.39 is 0 Å². The van der Waals surface area contributed by atoms with E-state index in [9.17, 15) is 0 Å². The van der Waals surface area contributed by atoms with Crippen LogP contribution in [-0.4, -0.2) is 4.57 Å². The van der Waals surface area contributed by atoms with Crippen LogP contribution in [0.5, 0.6) is 0 Å². The Kier molecular flexibility index (Phi) is 5.96. The van der Waals surface area contributed by atoms with Crippen LogP contribution in [0.3, 0.4) is 0 Å². The first-order valence-electron chi connectivity index (χ1n) is 17.4. The molecule has 0 N–H and O–H groups in total. The van der Waals surface area contributed by atoms with Crippen molar-refractivity contribution >= 4 is 93.1 Å². The standard InChI is InChI=1S/C48H30N2O/c1-3-15-35-31(13-1)29-44(38-18-6-5-17-37(35)38)50(45-30-32-14-2-4-16-36(32)48-47(45)41-21-9-12-24-46(41)51-48)34-27-25-33(26-28-34)49-42-22-10-7-19-39(42)40-20-8-11-23-43(40)49/h1-30H. The van der Waals surface area contributed by atoms with Gasteiger partial charge in [-0.05, 0) is 76.1 Å². The number of hydrogen-bond acceptors (Lipinski definition) is 2. The van der Waals surface area contributed by atoms with Crippen molar-refractivity contribution in [3.05, 3.63) is 182 Å². The predicted octanol–water partition coefficient (Wildman–Crippen LogP) is 13.6. The Labute approximate surface area is 293 Å². The minimum Gasteiger partial charge on any atom is -0.455 e. The van der Waals surface area contributed by atoms with Gasteiger partial charge in [-0.25, -0.2) is 0 Å². The van der Waals surface area contributed by atoms with Crippen LogP contribution in [-0.2, 0) is 0 Å². The quantitative estimate of drug-likeness (QED) is 0.177. The number of para-hydroxylation sites is 3. The molecule has 3 heteroatoms. The third-order valence-electron chi connectivity index (χ3n) is 10.5. The van der Waals surface area contributed by atoms with E-state index >= 15 is 0 Å². The minimum atomic E-state index is 0.884. The van der Waals surface area contributed by atoms with Gasteiger partial charge in [0.1, 0.15) is 11.2 Å². The van der Waals surface area contributed by atoms with Crippen molar-refractivity contribution in [3.63, 3.8) is 0 Å². The van der Waals surface area contributed by atoms with Crippen molar-refractivity contribution in [3.8, 4) is 5.69 Å². The fraction of sp³-hybridized carbons (Fsp3) is 0. The zero-order chi connectivity index (χ0) is 33.5. The molecule has 0 saturated carbocycles. The Balaban J connectivity index is 1.23. The number of furan rings is 1. The van der Waals surface area contributed by atoms with Gasteiger partial charge in [-0.3, -0.25) is 0 Å². The van der Waals surface area contributed by atoms with Crippen LogP contribution in [0.15, 0.2) is 186 Å². The average Bonchev–Trinajstić information content (AvgIpc) is 3.75. The first-order valence-corrected chi connectivity index (χ1v) is 17.4. The summed E-state index contributed by atoms with van der Waals surface area (Å²) < 4.78 is 9.08. The SMILES string of the molecule is c1ccc2c(c1)cc(N(c1ccc(-n3c4ccccc4c4ccccc43)cc1)c1cc3ccccc3c3oc4ccccc4c13)c1ccccc12. The molecule has 0 bridgehead atoms. The predicted molar refractivity (Wildman–Crippen MR) is 215 cm³/mol. The molecule has 0 aliphatic rings. The maximum atomic E-state index is 6.71. The highest BCUT2D eigenvalue weighted by Gasteiger charge is 2.24. The van der Waals surface area contributed by atoms with Crippen LogP contribution in [0.2, 0.25) is 0 Å². The second-order valence-corrected chi connectivity index (χ2v) is 13.3. The normalized spacial score (nSPS) is 11.9. The van der Waals surface area contributed by atoms with Gasteiger partial charge in [-0.1, -0.05) is 127 Å². The Hall–Kier alpha value is -6.84. The summed E-state index contributed by atoms with van der Waals surface area (Å²) in [5.74, 6) is 0. The van der Waals surface area contributed by atoms with Gasteiger partial charge in [0.25, 0.3) is 0 Å². The number of rotatable bonds is 4. The molecule has 11 aromatic rings. The van der Waals surface area contributed by atoms with E-state index in [0.717, 1.165) is 55.5 Å². The third kappa shape index (κ3) is 4.12. The maximum Gasteiger partial charge on any atom is 0.145 e. The van der Waals surface area contributed by atoms with Crippen LogP contribution in [0.4, 0.5) is 17.1 Å². The molecule has 0 aliphatic carbocycles. The van der Waals surface area contributed by atoms with Crippen molar-refractivity contribution in [2.45, 2.75) is 0 Å². The molecule has 2 aromatic heterocycles. The van der Waals surface area contributed by atoms with Crippen molar-refractivity contribution in [1.29, 1.82) is 0 Å². The van der Waals surface area contributed by atoms with Crippen LogP contribution < -0.4 is 4.90 Å². The first kappa shape index (κ1) is 28.0. The largest absolute Gasteiger partial charge is 0.455 e. The van der Waals surface area contributed by atoms with Crippen molar-refractivity contribution < 1.29 is 4.42 Å². The molecule has 0 fully saturated rings. The molecule has 3 nitrogen and oxygen atoms in total. The van der Waals surface area contributed by atoms with Gasteiger partial charge in [0.15, 0.2) is 0 Å². The number of nitrogens with zero attached hydrogens (tertiary/aromatic N) is 2. The molecule has 0 radical (unpaired) electrons. The van der Waals surface area contributed by atoms with Crippen LogP contribution in [0, 0.1) is 0 Å². The van der Waals surface area contributed by atoms with E-state index in [1.807, 2.05) is 0 Å². The molecule has 0 atom stereocenters. The molecule has 0 saturated heterocycles. The van der Waals surface area contributed by atoms with Crippen molar-refractivity contribution in [2.24, 2.45) is 0 Å². The zero-order valence-corrected chi connectivity index (χ0v) is 27.6. The second kappa shape index (κ2) is 10.8. The van der Waals surface area contributed by atoms with E-state index in [1.54, 1.807) is 0 Å².